The van der Waals surface area contributed by atoms with Crippen molar-refractivity contribution in [3.05, 3.63) is 59.3 Å². The first-order valence-electron chi connectivity index (χ1n) is 8.29. The van der Waals surface area contributed by atoms with Gasteiger partial charge < -0.3 is 16.0 Å². The van der Waals surface area contributed by atoms with E-state index in [1.165, 1.54) is 11.1 Å². The van der Waals surface area contributed by atoms with Crippen molar-refractivity contribution in [1.29, 1.82) is 0 Å². The third-order valence-electron chi connectivity index (χ3n) is 3.59. The van der Waals surface area contributed by atoms with Crippen LogP contribution in [0.4, 0.5) is 5.82 Å². The summed E-state index contributed by atoms with van der Waals surface area (Å²) < 4.78 is 0. The smallest absolute Gasteiger partial charge is 0.227 e. The maximum Gasteiger partial charge on any atom is 0.227 e. The Labute approximate surface area is 148 Å². The van der Waals surface area contributed by atoms with Crippen molar-refractivity contribution >= 4 is 17.7 Å². The molecule has 0 aliphatic heterocycles. The lowest BCUT2D eigenvalue weighted by Crippen LogP contribution is -2.38. The van der Waals surface area contributed by atoms with E-state index in [0.717, 1.165) is 5.56 Å². The molecule has 0 unspecified atom stereocenters. The molecule has 0 spiro atoms. The molecule has 6 nitrogen and oxygen atoms in total. The highest BCUT2D eigenvalue weighted by Gasteiger charge is 2.04. The molecule has 2 rings (SSSR count). The summed E-state index contributed by atoms with van der Waals surface area (Å²) in [5.41, 5.74) is 3.47. The summed E-state index contributed by atoms with van der Waals surface area (Å²) in [6, 6.07) is 12.0. The third kappa shape index (κ3) is 6.63. The van der Waals surface area contributed by atoms with Gasteiger partial charge in [-0.05, 0) is 31.0 Å². The van der Waals surface area contributed by atoms with Crippen LogP contribution in [-0.2, 0) is 11.3 Å². The predicted octanol–water partition coefficient (Wildman–Crippen LogP) is 2.39. The van der Waals surface area contributed by atoms with Crippen LogP contribution in [-0.4, -0.2) is 30.4 Å². The molecule has 0 radical (unpaired) electrons. The van der Waals surface area contributed by atoms with Crippen molar-refractivity contribution in [2.75, 3.05) is 18.9 Å². The first-order chi connectivity index (χ1) is 12.1. The van der Waals surface area contributed by atoms with Gasteiger partial charge in [0.25, 0.3) is 0 Å². The molecule has 6 heteroatoms. The zero-order valence-corrected chi connectivity index (χ0v) is 15.0. The van der Waals surface area contributed by atoms with Gasteiger partial charge >= 0.3 is 0 Å². The molecule has 132 valence electrons. The highest BCUT2D eigenvalue weighted by Crippen LogP contribution is 2.04. The molecule has 0 fully saturated rings. The third-order valence-corrected chi connectivity index (χ3v) is 3.59. The fourth-order valence-electron chi connectivity index (χ4n) is 2.27. The van der Waals surface area contributed by atoms with Crippen LogP contribution in [0.1, 0.15) is 23.1 Å². The first-order valence-corrected chi connectivity index (χ1v) is 8.29. The standard InChI is InChI=1S/C19H25N5O/c1-14-5-4-6-16(11-14)13-23-19(20-3)21-10-9-18(25)24-17-8-7-15(2)12-22-17/h4-8,11-12H,9-10,13H2,1-3H3,(H2,20,21,23)(H,22,24,25). The molecule has 2 aromatic rings. The van der Waals surface area contributed by atoms with Crippen molar-refractivity contribution in [3.8, 4) is 0 Å². The van der Waals surface area contributed by atoms with Gasteiger partial charge in [-0.1, -0.05) is 35.9 Å². The zero-order valence-electron chi connectivity index (χ0n) is 15.0. The lowest BCUT2D eigenvalue weighted by molar-refractivity contribution is -0.116. The van der Waals surface area contributed by atoms with Crippen LogP contribution >= 0.6 is 0 Å². The number of nitrogens with one attached hydrogen (secondary N) is 3. The highest BCUT2D eigenvalue weighted by atomic mass is 16.1. The second-order valence-electron chi connectivity index (χ2n) is 5.86. The summed E-state index contributed by atoms with van der Waals surface area (Å²) in [7, 11) is 1.71. The van der Waals surface area contributed by atoms with Crippen LogP contribution in [0.25, 0.3) is 0 Å². The summed E-state index contributed by atoms with van der Waals surface area (Å²) in [5, 5.41) is 9.15. The lowest BCUT2D eigenvalue weighted by Gasteiger charge is -2.12. The molecule has 1 aromatic heterocycles. The molecular weight excluding hydrogens is 314 g/mol. The SMILES string of the molecule is CN=C(NCCC(=O)Nc1ccc(C)cn1)NCc1cccc(C)c1. The van der Waals surface area contributed by atoms with E-state index in [0.29, 0.717) is 31.3 Å². The fourth-order valence-corrected chi connectivity index (χ4v) is 2.27. The van der Waals surface area contributed by atoms with Gasteiger partial charge in [-0.2, -0.15) is 0 Å². The number of guanidine groups is 1. The summed E-state index contributed by atoms with van der Waals surface area (Å²) in [4.78, 5) is 20.3. The number of carbonyl (C=O) groups excluding carboxylic acids is 1. The van der Waals surface area contributed by atoms with Gasteiger partial charge in [-0.25, -0.2) is 4.98 Å². The normalized spacial score (nSPS) is 11.1. The van der Waals surface area contributed by atoms with Gasteiger partial charge in [0.1, 0.15) is 5.82 Å². The molecular formula is C19H25N5O. The zero-order chi connectivity index (χ0) is 18.1. The Morgan fingerprint density at radius 1 is 1.12 bits per heavy atom. The molecule has 3 N–H and O–H groups in total. The number of carbonyl (C=O) groups is 1. The van der Waals surface area contributed by atoms with Crippen LogP contribution in [0.15, 0.2) is 47.6 Å². The molecule has 25 heavy (non-hydrogen) atoms. The van der Waals surface area contributed by atoms with Crippen LogP contribution in [0.5, 0.6) is 0 Å². The van der Waals surface area contributed by atoms with E-state index < -0.39 is 0 Å². The Kier molecular flexibility index (Phi) is 6.95. The monoisotopic (exact) mass is 339 g/mol. The number of rotatable bonds is 6. The van der Waals surface area contributed by atoms with Crippen LogP contribution in [0.3, 0.4) is 0 Å². The number of hydrogen-bond acceptors (Lipinski definition) is 3. The van der Waals surface area contributed by atoms with Crippen LogP contribution in [0.2, 0.25) is 0 Å². The fraction of sp³-hybridized carbons (Fsp3) is 0.316. The second-order valence-corrected chi connectivity index (χ2v) is 5.86. The summed E-state index contributed by atoms with van der Waals surface area (Å²) >= 11 is 0. The largest absolute Gasteiger partial charge is 0.356 e. The van der Waals surface area contributed by atoms with Crippen molar-refractivity contribution in [2.24, 2.45) is 4.99 Å². The van der Waals surface area contributed by atoms with Crippen LogP contribution < -0.4 is 16.0 Å². The minimum Gasteiger partial charge on any atom is -0.356 e. The average molecular weight is 339 g/mol. The minimum absolute atomic E-state index is 0.0852. The Balaban J connectivity index is 1.71. The summed E-state index contributed by atoms with van der Waals surface area (Å²) in [6.07, 6.45) is 2.06. The van der Waals surface area contributed by atoms with Crippen molar-refractivity contribution < 1.29 is 4.79 Å². The highest BCUT2D eigenvalue weighted by molar-refractivity contribution is 5.90. The Hall–Kier alpha value is -2.89. The van der Waals surface area contributed by atoms with E-state index in [9.17, 15) is 4.79 Å². The van der Waals surface area contributed by atoms with E-state index in [1.807, 2.05) is 19.1 Å². The van der Waals surface area contributed by atoms with Gasteiger partial charge in [-0.3, -0.25) is 9.79 Å². The van der Waals surface area contributed by atoms with E-state index in [-0.39, 0.29) is 5.91 Å². The van der Waals surface area contributed by atoms with Crippen molar-refractivity contribution in [1.82, 2.24) is 15.6 Å². The predicted molar refractivity (Wildman–Crippen MR) is 102 cm³/mol. The molecule has 0 bridgehead atoms. The number of hydrogen-bond donors (Lipinski definition) is 3. The van der Waals surface area contributed by atoms with Gasteiger partial charge in [-0.15, -0.1) is 0 Å². The Bertz CT molecular complexity index is 725. The lowest BCUT2D eigenvalue weighted by atomic mass is 10.1. The van der Waals surface area contributed by atoms with E-state index in [2.05, 4.69) is 51.0 Å². The molecule has 1 amide bonds. The second kappa shape index (κ2) is 9.42. The molecule has 1 aromatic carbocycles. The number of aryl methyl sites for hydroxylation is 2. The number of pyridine rings is 1. The molecule has 1 heterocycles. The summed E-state index contributed by atoms with van der Waals surface area (Å²) in [5.74, 6) is 1.15. The van der Waals surface area contributed by atoms with E-state index in [1.54, 1.807) is 19.3 Å². The summed E-state index contributed by atoms with van der Waals surface area (Å²) in [6.45, 7) is 5.20. The number of amides is 1. The maximum absolute atomic E-state index is 11.9. The topological polar surface area (TPSA) is 78.4 Å². The molecule has 0 saturated heterocycles. The van der Waals surface area contributed by atoms with E-state index >= 15 is 0 Å². The van der Waals surface area contributed by atoms with Gasteiger partial charge in [0.05, 0.1) is 0 Å². The number of nitrogens with zero attached hydrogens (tertiary/aromatic N) is 2. The number of aliphatic imine (C=N–C) groups is 1. The van der Waals surface area contributed by atoms with Gasteiger partial charge in [0, 0.05) is 32.8 Å². The minimum atomic E-state index is -0.0852. The van der Waals surface area contributed by atoms with Gasteiger partial charge in [0.2, 0.25) is 5.91 Å². The quantitative estimate of drug-likeness (QED) is 0.558. The number of aromatic nitrogens is 1. The molecule has 0 saturated carbocycles. The first kappa shape index (κ1) is 18.4. The number of anilines is 1. The molecule has 0 atom stereocenters. The number of benzene rings is 1. The van der Waals surface area contributed by atoms with Crippen molar-refractivity contribution in [2.45, 2.75) is 26.8 Å². The van der Waals surface area contributed by atoms with Crippen LogP contribution in [0, 0.1) is 13.8 Å². The average Bonchev–Trinajstić information content (AvgIpc) is 2.60. The maximum atomic E-state index is 11.9. The Morgan fingerprint density at radius 2 is 1.96 bits per heavy atom. The molecule has 0 aliphatic rings. The van der Waals surface area contributed by atoms with Gasteiger partial charge in [0.15, 0.2) is 5.96 Å². The Morgan fingerprint density at radius 3 is 2.64 bits per heavy atom. The van der Waals surface area contributed by atoms with Crippen molar-refractivity contribution in [3.63, 3.8) is 0 Å². The van der Waals surface area contributed by atoms with E-state index in [4.69, 9.17) is 0 Å². The molecule has 0 aliphatic carbocycles.